The van der Waals surface area contributed by atoms with Crippen LogP contribution in [0.25, 0.3) is 12.2 Å². The Balaban J connectivity index is 1.99. The van der Waals surface area contributed by atoms with Crippen LogP contribution in [0.1, 0.15) is 59.3 Å². The van der Waals surface area contributed by atoms with Crippen molar-refractivity contribution >= 4 is 23.5 Å². The maximum atomic E-state index is 5.70. The number of rotatable bonds is 9. The van der Waals surface area contributed by atoms with Crippen molar-refractivity contribution in [1.82, 2.24) is 4.98 Å². The Hall–Kier alpha value is -1.49. The van der Waals surface area contributed by atoms with E-state index in [1.165, 1.54) is 41.9 Å². The van der Waals surface area contributed by atoms with Gasteiger partial charge in [-0.25, -0.2) is 0 Å². The number of nitrogens with zero attached hydrogens (tertiary/aromatic N) is 1. The van der Waals surface area contributed by atoms with E-state index in [0.717, 1.165) is 17.0 Å². The van der Waals surface area contributed by atoms with Gasteiger partial charge in [-0.1, -0.05) is 32.3 Å². The van der Waals surface area contributed by atoms with Gasteiger partial charge in [0, 0.05) is 22.8 Å². The molecule has 0 aliphatic heterocycles. The minimum atomic E-state index is 0.440. The number of aromatic nitrogens is 1. The summed E-state index contributed by atoms with van der Waals surface area (Å²) in [5.41, 5.74) is 14.3. The van der Waals surface area contributed by atoms with Crippen molar-refractivity contribution < 1.29 is 0 Å². The molecule has 0 aliphatic rings. The van der Waals surface area contributed by atoms with Crippen molar-refractivity contribution in [1.29, 1.82) is 0 Å². The highest BCUT2D eigenvalue weighted by molar-refractivity contribution is 7.12. The summed E-state index contributed by atoms with van der Waals surface area (Å²) in [5, 5.41) is 0. The van der Waals surface area contributed by atoms with Gasteiger partial charge in [-0.05, 0) is 48.7 Å². The molecule has 3 nitrogen and oxygen atoms in total. The predicted molar refractivity (Wildman–Crippen MR) is 101 cm³/mol. The summed E-state index contributed by atoms with van der Waals surface area (Å²) in [6, 6.07) is 8.49. The van der Waals surface area contributed by atoms with Gasteiger partial charge in [-0.2, -0.15) is 0 Å². The van der Waals surface area contributed by atoms with Crippen LogP contribution in [0.5, 0.6) is 0 Å². The standard InChI is InChI=1S/C19H27N3S/c1-2-3-4-5-6-18-9-10-19(23-18)8-7-15-11-16(13-20)22-17(12-15)14-21/h7-12H,2-6,13-14,20-21H2,1H3/b8-7+. The summed E-state index contributed by atoms with van der Waals surface area (Å²) in [4.78, 5) is 7.16. The monoisotopic (exact) mass is 329 g/mol. The van der Waals surface area contributed by atoms with Crippen molar-refractivity contribution in [2.75, 3.05) is 0 Å². The summed E-state index contributed by atoms with van der Waals surface area (Å²) >= 11 is 1.88. The molecule has 2 heterocycles. The van der Waals surface area contributed by atoms with Crippen molar-refractivity contribution in [3.63, 3.8) is 0 Å². The largest absolute Gasteiger partial charge is 0.325 e. The normalized spacial score (nSPS) is 11.4. The van der Waals surface area contributed by atoms with Crippen LogP contribution in [0, 0.1) is 0 Å². The van der Waals surface area contributed by atoms with E-state index in [1.54, 1.807) is 0 Å². The second-order valence-corrected chi connectivity index (χ2v) is 6.94. The van der Waals surface area contributed by atoms with Crippen molar-refractivity contribution in [3.05, 3.63) is 51.0 Å². The molecule has 4 heteroatoms. The second kappa shape index (κ2) is 9.60. The Morgan fingerprint density at radius 2 is 1.74 bits per heavy atom. The maximum absolute atomic E-state index is 5.70. The van der Waals surface area contributed by atoms with Crippen LogP contribution < -0.4 is 11.5 Å². The number of hydrogen-bond donors (Lipinski definition) is 2. The fraction of sp³-hybridized carbons (Fsp3) is 0.421. The molecule has 0 radical (unpaired) electrons. The minimum absolute atomic E-state index is 0.440. The molecule has 4 N–H and O–H groups in total. The first kappa shape index (κ1) is 17.9. The van der Waals surface area contributed by atoms with E-state index in [2.05, 4.69) is 36.2 Å². The third kappa shape index (κ3) is 5.90. The number of thiophene rings is 1. The lowest BCUT2D eigenvalue weighted by Crippen LogP contribution is -2.06. The molecule has 2 aromatic heterocycles. The van der Waals surface area contributed by atoms with Gasteiger partial charge in [-0.15, -0.1) is 11.3 Å². The Morgan fingerprint density at radius 3 is 2.39 bits per heavy atom. The van der Waals surface area contributed by atoms with E-state index in [0.29, 0.717) is 13.1 Å². The smallest absolute Gasteiger partial charge is 0.0549 e. The van der Waals surface area contributed by atoms with Crippen molar-refractivity contribution in [2.45, 2.75) is 52.1 Å². The molecule has 2 rings (SSSR count). The Morgan fingerprint density at radius 1 is 1.00 bits per heavy atom. The Kier molecular flexibility index (Phi) is 7.46. The number of unbranched alkanes of at least 4 members (excludes halogenated alkanes) is 3. The van der Waals surface area contributed by atoms with Gasteiger partial charge < -0.3 is 11.5 Å². The molecule has 0 bridgehead atoms. The van der Waals surface area contributed by atoms with Crippen LogP contribution in [0.2, 0.25) is 0 Å². The van der Waals surface area contributed by atoms with Gasteiger partial charge in [0.05, 0.1) is 11.4 Å². The second-order valence-electron chi connectivity index (χ2n) is 5.74. The summed E-state index contributed by atoms with van der Waals surface area (Å²) in [5.74, 6) is 0. The average Bonchev–Trinajstić information content (AvgIpc) is 3.04. The number of nitrogens with two attached hydrogens (primary N) is 2. The zero-order valence-corrected chi connectivity index (χ0v) is 14.7. The molecule has 0 spiro atoms. The number of aryl methyl sites for hydroxylation is 1. The topological polar surface area (TPSA) is 64.9 Å². The third-order valence-corrected chi connectivity index (χ3v) is 4.88. The highest BCUT2D eigenvalue weighted by Gasteiger charge is 2.00. The molecule has 0 aliphatic carbocycles. The first-order chi connectivity index (χ1) is 11.2. The fourth-order valence-electron chi connectivity index (χ4n) is 2.50. The van der Waals surface area contributed by atoms with E-state index in [9.17, 15) is 0 Å². The number of hydrogen-bond acceptors (Lipinski definition) is 4. The lowest BCUT2D eigenvalue weighted by Gasteiger charge is -2.03. The highest BCUT2D eigenvalue weighted by Crippen LogP contribution is 2.21. The zero-order chi connectivity index (χ0) is 16.5. The molecule has 0 aromatic carbocycles. The molecule has 0 fully saturated rings. The van der Waals surface area contributed by atoms with E-state index < -0.39 is 0 Å². The van der Waals surface area contributed by atoms with Crippen LogP contribution in [0.15, 0.2) is 24.3 Å². The fourth-order valence-corrected chi connectivity index (χ4v) is 3.46. The lowest BCUT2D eigenvalue weighted by molar-refractivity contribution is 0.670. The van der Waals surface area contributed by atoms with Gasteiger partial charge in [0.25, 0.3) is 0 Å². The lowest BCUT2D eigenvalue weighted by atomic mass is 10.1. The molecule has 124 valence electrons. The van der Waals surface area contributed by atoms with Gasteiger partial charge in [0.2, 0.25) is 0 Å². The minimum Gasteiger partial charge on any atom is -0.325 e. The molecule has 0 amide bonds. The van der Waals surface area contributed by atoms with E-state index >= 15 is 0 Å². The van der Waals surface area contributed by atoms with Gasteiger partial charge in [0.15, 0.2) is 0 Å². The van der Waals surface area contributed by atoms with Gasteiger partial charge in [0.1, 0.15) is 0 Å². The van der Waals surface area contributed by atoms with Crippen LogP contribution in [0.4, 0.5) is 0 Å². The Labute approximate surface area is 143 Å². The van der Waals surface area contributed by atoms with E-state index in [4.69, 9.17) is 11.5 Å². The van der Waals surface area contributed by atoms with E-state index in [1.807, 2.05) is 23.5 Å². The Bertz CT molecular complexity index is 609. The average molecular weight is 330 g/mol. The molecule has 0 unspecified atom stereocenters. The third-order valence-electron chi connectivity index (χ3n) is 3.77. The highest BCUT2D eigenvalue weighted by atomic mass is 32.1. The summed E-state index contributed by atoms with van der Waals surface area (Å²) in [6.07, 6.45) is 10.7. The molecule has 23 heavy (non-hydrogen) atoms. The van der Waals surface area contributed by atoms with Gasteiger partial charge >= 0.3 is 0 Å². The predicted octanol–water partition coefficient (Wildman–Crippen LogP) is 4.35. The summed E-state index contributed by atoms with van der Waals surface area (Å²) < 4.78 is 0. The molecular weight excluding hydrogens is 302 g/mol. The number of pyridine rings is 1. The molecule has 2 aromatic rings. The molecule has 0 saturated carbocycles. The van der Waals surface area contributed by atoms with Gasteiger partial charge in [-0.3, -0.25) is 4.98 Å². The molecule has 0 atom stereocenters. The summed E-state index contributed by atoms with van der Waals surface area (Å²) in [6.45, 7) is 3.13. The van der Waals surface area contributed by atoms with Crippen LogP contribution >= 0.6 is 11.3 Å². The van der Waals surface area contributed by atoms with Crippen LogP contribution in [0.3, 0.4) is 0 Å². The quantitative estimate of drug-likeness (QED) is 0.672. The molecular formula is C19H27N3S. The first-order valence-electron chi connectivity index (χ1n) is 8.42. The van der Waals surface area contributed by atoms with Crippen LogP contribution in [-0.2, 0) is 19.5 Å². The maximum Gasteiger partial charge on any atom is 0.0549 e. The molecule has 0 saturated heterocycles. The zero-order valence-electron chi connectivity index (χ0n) is 13.9. The van der Waals surface area contributed by atoms with Crippen LogP contribution in [-0.4, -0.2) is 4.98 Å². The van der Waals surface area contributed by atoms with Crippen molar-refractivity contribution in [3.8, 4) is 0 Å². The SMILES string of the molecule is CCCCCCc1ccc(/C=C/c2cc(CN)nc(CN)c2)s1. The summed E-state index contributed by atoms with van der Waals surface area (Å²) in [7, 11) is 0. The van der Waals surface area contributed by atoms with E-state index in [-0.39, 0.29) is 0 Å². The van der Waals surface area contributed by atoms with Crippen molar-refractivity contribution in [2.24, 2.45) is 11.5 Å². The first-order valence-corrected chi connectivity index (χ1v) is 9.23.